The number of halogens is 3. The molecule has 0 aliphatic rings. The molecule has 0 bridgehead atoms. The second-order valence-corrected chi connectivity index (χ2v) is 6.55. The third kappa shape index (κ3) is 4.75. The summed E-state index contributed by atoms with van der Waals surface area (Å²) in [4.78, 5) is 12.2. The fourth-order valence-electron chi connectivity index (χ4n) is 1.82. The molecule has 0 spiro atoms. The predicted octanol–water partition coefficient (Wildman–Crippen LogP) is 5.52. The number of amides is 1. The van der Waals surface area contributed by atoms with Crippen LogP contribution in [0.25, 0.3) is 0 Å². The maximum atomic E-state index is 12.2. The maximum absolute atomic E-state index is 12.2. The van der Waals surface area contributed by atoms with Gasteiger partial charge in [-0.1, -0.05) is 39.1 Å². The van der Waals surface area contributed by atoms with E-state index in [4.69, 9.17) is 23.2 Å². The predicted molar refractivity (Wildman–Crippen MR) is 101 cm³/mol. The van der Waals surface area contributed by atoms with Gasteiger partial charge in [-0.2, -0.15) is 5.26 Å². The van der Waals surface area contributed by atoms with Gasteiger partial charge in [-0.05, 0) is 48.9 Å². The van der Waals surface area contributed by atoms with Gasteiger partial charge in [0.05, 0.1) is 10.7 Å². The van der Waals surface area contributed by atoms with Gasteiger partial charge in [0.15, 0.2) is 0 Å². The number of benzene rings is 2. The zero-order valence-electron chi connectivity index (χ0n) is 12.5. The number of anilines is 2. The molecule has 1 amide bonds. The van der Waals surface area contributed by atoms with Gasteiger partial charge in [-0.25, -0.2) is 0 Å². The molecule has 0 heterocycles. The summed E-state index contributed by atoms with van der Waals surface area (Å²) in [6, 6.07) is 12.1. The largest absolute Gasteiger partial charge is 0.360 e. The van der Waals surface area contributed by atoms with Crippen LogP contribution in [-0.4, -0.2) is 5.91 Å². The average Bonchev–Trinajstić information content (AvgIpc) is 2.54. The Hall–Kier alpha value is -2.00. The highest BCUT2D eigenvalue weighted by Gasteiger charge is 2.11. The number of carbonyl (C=O) groups excluding carboxylic acids is 1. The van der Waals surface area contributed by atoms with E-state index in [0.717, 1.165) is 15.7 Å². The third-order valence-corrected chi connectivity index (χ3v) is 4.52. The topological polar surface area (TPSA) is 64.9 Å². The van der Waals surface area contributed by atoms with Gasteiger partial charge >= 0.3 is 0 Å². The molecular weight excluding hydrogens is 413 g/mol. The van der Waals surface area contributed by atoms with Crippen LogP contribution in [0.5, 0.6) is 0 Å². The highest BCUT2D eigenvalue weighted by Crippen LogP contribution is 2.25. The molecule has 0 fully saturated rings. The molecule has 0 unspecified atom stereocenters. The van der Waals surface area contributed by atoms with Crippen LogP contribution < -0.4 is 10.6 Å². The van der Waals surface area contributed by atoms with Crippen molar-refractivity contribution in [3.05, 3.63) is 68.3 Å². The van der Waals surface area contributed by atoms with E-state index >= 15 is 0 Å². The van der Waals surface area contributed by atoms with Gasteiger partial charge in [0.25, 0.3) is 5.91 Å². The number of nitrogens with one attached hydrogen (secondary N) is 2. The van der Waals surface area contributed by atoms with E-state index in [0.29, 0.717) is 15.7 Å². The fraction of sp³-hybridized carbons (Fsp3) is 0.0588. The van der Waals surface area contributed by atoms with Crippen molar-refractivity contribution < 1.29 is 4.79 Å². The lowest BCUT2D eigenvalue weighted by atomic mass is 10.2. The van der Waals surface area contributed by atoms with E-state index < -0.39 is 5.91 Å². The second kappa shape index (κ2) is 8.20. The first-order valence-corrected chi connectivity index (χ1v) is 8.35. The first-order valence-electron chi connectivity index (χ1n) is 6.80. The smallest absolute Gasteiger partial charge is 0.267 e. The van der Waals surface area contributed by atoms with E-state index in [1.54, 1.807) is 12.1 Å². The molecule has 0 saturated heterocycles. The first kappa shape index (κ1) is 18.3. The van der Waals surface area contributed by atoms with Crippen LogP contribution in [0.1, 0.15) is 5.56 Å². The average molecular weight is 425 g/mol. The second-order valence-electron chi connectivity index (χ2n) is 4.86. The zero-order chi connectivity index (χ0) is 17.7. The van der Waals surface area contributed by atoms with Crippen LogP contribution in [0.2, 0.25) is 10.0 Å². The van der Waals surface area contributed by atoms with Crippen LogP contribution in [0.15, 0.2) is 52.6 Å². The number of hydrogen-bond acceptors (Lipinski definition) is 3. The number of nitriles is 1. The highest BCUT2D eigenvalue weighted by atomic mass is 79.9. The number of carbonyl (C=O) groups is 1. The highest BCUT2D eigenvalue weighted by molar-refractivity contribution is 9.10. The number of nitrogens with zero attached hydrogens (tertiary/aromatic N) is 1. The molecule has 122 valence electrons. The van der Waals surface area contributed by atoms with Crippen LogP contribution in [0.4, 0.5) is 11.4 Å². The molecule has 0 saturated carbocycles. The van der Waals surface area contributed by atoms with Crippen LogP contribution >= 0.6 is 39.1 Å². The van der Waals surface area contributed by atoms with E-state index in [1.807, 2.05) is 31.2 Å². The molecule has 2 N–H and O–H groups in total. The van der Waals surface area contributed by atoms with E-state index in [2.05, 4.69) is 26.6 Å². The lowest BCUT2D eigenvalue weighted by Gasteiger charge is -2.08. The van der Waals surface area contributed by atoms with Crippen molar-refractivity contribution in [3.8, 4) is 6.07 Å². The van der Waals surface area contributed by atoms with Gasteiger partial charge in [0, 0.05) is 21.4 Å². The number of rotatable bonds is 4. The van der Waals surface area contributed by atoms with Crippen LogP contribution in [0, 0.1) is 18.3 Å². The standard InChI is InChI=1S/C17H12BrCl2N3O/c1-10-6-13(3-4-14(10)18)22-9-11(8-21)17(24)23-16-5-2-12(19)7-15(16)20/h2-7,9,22H,1H3,(H,23,24)/b11-9-. The van der Waals surface area contributed by atoms with E-state index in [9.17, 15) is 10.1 Å². The summed E-state index contributed by atoms with van der Waals surface area (Å²) in [6.45, 7) is 1.94. The van der Waals surface area contributed by atoms with Crippen molar-refractivity contribution in [2.75, 3.05) is 10.6 Å². The van der Waals surface area contributed by atoms with Crippen molar-refractivity contribution in [1.29, 1.82) is 5.26 Å². The quantitative estimate of drug-likeness (QED) is 0.501. The monoisotopic (exact) mass is 423 g/mol. The summed E-state index contributed by atoms with van der Waals surface area (Å²) in [5.41, 5.74) is 2.10. The Kier molecular flexibility index (Phi) is 6.27. The molecule has 24 heavy (non-hydrogen) atoms. The summed E-state index contributed by atoms with van der Waals surface area (Å²) in [7, 11) is 0. The molecule has 2 rings (SSSR count). The fourth-order valence-corrected chi connectivity index (χ4v) is 2.52. The molecule has 0 aliphatic heterocycles. The summed E-state index contributed by atoms with van der Waals surface area (Å²) < 4.78 is 0.979. The Morgan fingerprint density at radius 1 is 1.25 bits per heavy atom. The summed E-state index contributed by atoms with van der Waals surface area (Å²) in [6.07, 6.45) is 1.35. The third-order valence-electron chi connectivity index (χ3n) is 3.09. The summed E-state index contributed by atoms with van der Waals surface area (Å²) >= 11 is 15.2. The number of hydrogen-bond donors (Lipinski definition) is 2. The van der Waals surface area contributed by atoms with Gasteiger partial charge in [0.2, 0.25) is 0 Å². The summed E-state index contributed by atoms with van der Waals surface area (Å²) in [5.74, 6) is -0.567. The maximum Gasteiger partial charge on any atom is 0.267 e. The van der Waals surface area contributed by atoms with Gasteiger partial charge < -0.3 is 10.6 Å². The first-order chi connectivity index (χ1) is 11.4. The van der Waals surface area contributed by atoms with Crippen molar-refractivity contribution in [2.45, 2.75) is 6.92 Å². The van der Waals surface area contributed by atoms with Crippen molar-refractivity contribution in [3.63, 3.8) is 0 Å². The minimum atomic E-state index is -0.567. The van der Waals surface area contributed by atoms with Gasteiger partial charge in [-0.15, -0.1) is 0 Å². The lowest BCUT2D eigenvalue weighted by molar-refractivity contribution is -0.112. The minimum absolute atomic E-state index is 0.0819. The van der Waals surface area contributed by atoms with E-state index in [-0.39, 0.29) is 5.57 Å². The Morgan fingerprint density at radius 2 is 2.00 bits per heavy atom. The lowest BCUT2D eigenvalue weighted by Crippen LogP contribution is -2.14. The molecular formula is C17H12BrCl2N3O. The minimum Gasteiger partial charge on any atom is -0.360 e. The zero-order valence-corrected chi connectivity index (χ0v) is 15.6. The Morgan fingerprint density at radius 3 is 2.62 bits per heavy atom. The van der Waals surface area contributed by atoms with Crippen LogP contribution in [-0.2, 0) is 4.79 Å². The van der Waals surface area contributed by atoms with Crippen LogP contribution in [0.3, 0.4) is 0 Å². The van der Waals surface area contributed by atoms with Gasteiger partial charge in [-0.3, -0.25) is 4.79 Å². The Balaban J connectivity index is 2.13. The molecule has 2 aromatic carbocycles. The van der Waals surface area contributed by atoms with Gasteiger partial charge in [0.1, 0.15) is 11.6 Å². The Labute approximate surface area is 158 Å². The molecule has 0 aliphatic carbocycles. The molecule has 2 aromatic rings. The molecule has 0 atom stereocenters. The normalized spacial score (nSPS) is 10.9. The Bertz CT molecular complexity index is 859. The van der Waals surface area contributed by atoms with Crippen molar-refractivity contribution in [2.24, 2.45) is 0 Å². The molecule has 0 radical (unpaired) electrons. The SMILES string of the molecule is Cc1cc(N/C=C(/C#N)C(=O)Nc2ccc(Cl)cc2Cl)ccc1Br. The number of aryl methyl sites for hydroxylation is 1. The van der Waals surface area contributed by atoms with E-state index in [1.165, 1.54) is 12.3 Å². The van der Waals surface area contributed by atoms with Crippen molar-refractivity contribution in [1.82, 2.24) is 0 Å². The molecule has 7 heteroatoms. The molecule has 4 nitrogen and oxygen atoms in total. The summed E-state index contributed by atoms with van der Waals surface area (Å²) in [5, 5.41) is 15.5. The molecule has 0 aromatic heterocycles. The van der Waals surface area contributed by atoms with Crippen molar-refractivity contribution >= 4 is 56.4 Å².